The quantitative estimate of drug-likeness (QED) is 0.419. The Morgan fingerprint density at radius 2 is 1.77 bits per heavy atom. The lowest BCUT2D eigenvalue weighted by atomic mass is 10.1. The number of anilines is 1. The van der Waals surface area contributed by atoms with Gasteiger partial charge < -0.3 is 16.0 Å². The van der Waals surface area contributed by atoms with E-state index in [1.54, 1.807) is 42.5 Å². The molecule has 0 aliphatic carbocycles. The fourth-order valence-corrected chi connectivity index (χ4v) is 2.41. The third kappa shape index (κ3) is 4.01. The molecule has 8 heteroatoms. The van der Waals surface area contributed by atoms with Crippen LogP contribution in [-0.2, 0) is 0 Å². The van der Waals surface area contributed by atoms with Gasteiger partial charge in [-0.2, -0.15) is 0 Å². The number of halogens is 1. The van der Waals surface area contributed by atoms with Gasteiger partial charge in [-0.15, -0.1) is 12.4 Å². The van der Waals surface area contributed by atoms with Crippen molar-refractivity contribution in [3.05, 3.63) is 65.9 Å². The predicted octanol–water partition coefficient (Wildman–Crippen LogP) is 2.52. The van der Waals surface area contributed by atoms with Crippen LogP contribution in [0.1, 0.15) is 20.8 Å². The smallest absolute Gasteiger partial charge is 0.274 e. The van der Waals surface area contributed by atoms with E-state index in [1.807, 2.05) is 12.1 Å². The molecule has 134 valence electrons. The molecule has 0 spiro atoms. The average Bonchev–Trinajstić information content (AvgIpc) is 3.08. The largest absolute Gasteiger partial charge is 0.370 e. The van der Waals surface area contributed by atoms with Crippen molar-refractivity contribution in [2.75, 3.05) is 12.4 Å². The molecule has 0 aliphatic heterocycles. The van der Waals surface area contributed by atoms with Crippen LogP contribution in [0.5, 0.6) is 0 Å². The Hall–Kier alpha value is -3.32. The number of fused-ring (bicyclic) bond motifs is 1. The van der Waals surface area contributed by atoms with Crippen molar-refractivity contribution in [3.8, 4) is 0 Å². The SMILES string of the molecule is CN=C(N)NC(=O)c1cc2c(NC(=O)c3ccccc3)cccc2[nH]1.Cl. The maximum absolute atomic E-state index is 12.3. The summed E-state index contributed by atoms with van der Waals surface area (Å²) in [4.78, 5) is 31.2. The van der Waals surface area contributed by atoms with Gasteiger partial charge in [0.05, 0.1) is 5.69 Å². The molecule has 0 saturated carbocycles. The van der Waals surface area contributed by atoms with Crippen molar-refractivity contribution in [2.45, 2.75) is 0 Å². The zero-order chi connectivity index (χ0) is 17.8. The van der Waals surface area contributed by atoms with E-state index in [2.05, 4.69) is 20.6 Å². The Labute approximate surface area is 156 Å². The molecule has 1 aromatic heterocycles. The summed E-state index contributed by atoms with van der Waals surface area (Å²) in [5.74, 6) is -0.594. The zero-order valence-corrected chi connectivity index (χ0v) is 14.8. The monoisotopic (exact) mass is 371 g/mol. The lowest BCUT2D eigenvalue weighted by Crippen LogP contribution is -2.36. The molecule has 3 aromatic rings. The molecule has 2 amide bonds. The van der Waals surface area contributed by atoms with Gasteiger partial charge in [0.1, 0.15) is 5.69 Å². The first-order chi connectivity index (χ1) is 12.1. The first-order valence-corrected chi connectivity index (χ1v) is 7.60. The van der Waals surface area contributed by atoms with Crippen LogP contribution < -0.4 is 16.4 Å². The van der Waals surface area contributed by atoms with Crippen molar-refractivity contribution in [3.63, 3.8) is 0 Å². The van der Waals surface area contributed by atoms with Crippen LogP contribution in [0.25, 0.3) is 10.9 Å². The summed E-state index contributed by atoms with van der Waals surface area (Å²) in [6.07, 6.45) is 0. The number of rotatable bonds is 3. The molecule has 0 radical (unpaired) electrons. The fraction of sp³-hybridized carbons (Fsp3) is 0.0556. The van der Waals surface area contributed by atoms with Crippen molar-refractivity contribution < 1.29 is 9.59 Å². The Kier molecular flexibility index (Phi) is 5.98. The number of carbonyl (C=O) groups excluding carboxylic acids is 2. The van der Waals surface area contributed by atoms with Gasteiger partial charge in [0.15, 0.2) is 5.96 Å². The average molecular weight is 372 g/mol. The molecule has 26 heavy (non-hydrogen) atoms. The number of hydrogen-bond acceptors (Lipinski definition) is 3. The summed E-state index contributed by atoms with van der Waals surface area (Å²) in [5, 5.41) is 6.06. The fourth-order valence-electron chi connectivity index (χ4n) is 2.41. The lowest BCUT2D eigenvalue weighted by molar-refractivity contribution is 0.0971. The van der Waals surface area contributed by atoms with Gasteiger partial charge in [0, 0.05) is 23.5 Å². The van der Waals surface area contributed by atoms with Crippen LogP contribution in [-0.4, -0.2) is 29.8 Å². The molecule has 0 aliphatic rings. The lowest BCUT2D eigenvalue weighted by Gasteiger charge is -2.06. The number of aromatic nitrogens is 1. The second-order valence-corrected chi connectivity index (χ2v) is 5.33. The van der Waals surface area contributed by atoms with Gasteiger partial charge in [-0.25, -0.2) is 0 Å². The number of amides is 2. The molecule has 0 fully saturated rings. The zero-order valence-electron chi connectivity index (χ0n) is 13.9. The van der Waals surface area contributed by atoms with E-state index in [-0.39, 0.29) is 24.3 Å². The number of benzene rings is 2. The van der Waals surface area contributed by atoms with Crippen LogP contribution in [0, 0.1) is 0 Å². The van der Waals surface area contributed by atoms with E-state index in [0.717, 1.165) is 10.9 Å². The van der Waals surface area contributed by atoms with Gasteiger partial charge in [0.2, 0.25) is 0 Å². The molecule has 0 saturated heterocycles. The van der Waals surface area contributed by atoms with Crippen LogP contribution in [0.4, 0.5) is 5.69 Å². The van der Waals surface area contributed by atoms with Crippen LogP contribution in [0.15, 0.2) is 59.6 Å². The Balaban J connectivity index is 0.00000243. The minimum absolute atomic E-state index is 0. The molecule has 2 aromatic carbocycles. The van der Waals surface area contributed by atoms with E-state index in [0.29, 0.717) is 16.9 Å². The highest BCUT2D eigenvalue weighted by Gasteiger charge is 2.14. The number of aromatic amines is 1. The summed E-state index contributed by atoms with van der Waals surface area (Å²) in [5.41, 5.74) is 7.73. The van der Waals surface area contributed by atoms with Crippen molar-refractivity contribution in [2.24, 2.45) is 10.7 Å². The Bertz CT molecular complexity index is 966. The standard InChI is InChI=1S/C18H17N5O2.ClH/c1-20-18(19)23-17(25)15-10-12-13(21-15)8-5-9-14(12)22-16(24)11-6-3-2-4-7-11;/h2-10,21H,1H3,(H,22,24)(H3,19,20,23,25);1H. The van der Waals surface area contributed by atoms with Crippen molar-refractivity contribution in [1.82, 2.24) is 10.3 Å². The summed E-state index contributed by atoms with van der Waals surface area (Å²) in [7, 11) is 1.48. The Morgan fingerprint density at radius 3 is 2.46 bits per heavy atom. The van der Waals surface area contributed by atoms with Gasteiger partial charge in [-0.05, 0) is 30.3 Å². The second-order valence-electron chi connectivity index (χ2n) is 5.33. The third-order valence-electron chi connectivity index (χ3n) is 3.68. The first kappa shape index (κ1) is 19.0. The first-order valence-electron chi connectivity index (χ1n) is 7.60. The van der Waals surface area contributed by atoms with Crippen LogP contribution in [0.3, 0.4) is 0 Å². The number of hydrogen-bond donors (Lipinski definition) is 4. The number of aliphatic imine (C=N–C) groups is 1. The summed E-state index contributed by atoms with van der Waals surface area (Å²) in [6, 6.07) is 16.0. The Morgan fingerprint density at radius 1 is 1.04 bits per heavy atom. The summed E-state index contributed by atoms with van der Waals surface area (Å²) < 4.78 is 0. The number of nitrogens with two attached hydrogens (primary N) is 1. The van der Waals surface area contributed by atoms with Crippen molar-refractivity contribution in [1.29, 1.82) is 0 Å². The number of guanidine groups is 1. The molecule has 0 bridgehead atoms. The van der Waals surface area contributed by atoms with E-state index < -0.39 is 5.91 Å². The normalized spacial score (nSPS) is 10.9. The number of nitrogens with zero attached hydrogens (tertiary/aromatic N) is 1. The predicted molar refractivity (Wildman–Crippen MR) is 105 cm³/mol. The van der Waals surface area contributed by atoms with E-state index in [1.165, 1.54) is 7.05 Å². The highest BCUT2D eigenvalue weighted by atomic mass is 35.5. The minimum atomic E-state index is -0.403. The summed E-state index contributed by atoms with van der Waals surface area (Å²) in [6.45, 7) is 0. The van der Waals surface area contributed by atoms with E-state index >= 15 is 0 Å². The van der Waals surface area contributed by atoms with Gasteiger partial charge in [0.25, 0.3) is 11.8 Å². The highest BCUT2D eigenvalue weighted by Crippen LogP contribution is 2.25. The van der Waals surface area contributed by atoms with Crippen molar-refractivity contribution >= 4 is 46.8 Å². The third-order valence-corrected chi connectivity index (χ3v) is 3.68. The highest BCUT2D eigenvalue weighted by molar-refractivity contribution is 6.11. The molecule has 3 rings (SSSR count). The molecule has 1 heterocycles. The van der Waals surface area contributed by atoms with E-state index in [4.69, 9.17) is 5.73 Å². The maximum atomic E-state index is 12.3. The van der Waals surface area contributed by atoms with E-state index in [9.17, 15) is 9.59 Å². The molecule has 0 atom stereocenters. The van der Waals surface area contributed by atoms with Gasteiger partial charge >= 0.3 is 0 Å². The summed E-state index contributed by atoms with van der Waals surface area (Å²) >= 11 is 0. The second kappa shape index (κ2) is 8.17. The van der Waals surface area contributed by atoms with Crippen LogP contribution >= 0.6 is 12.4 Å². The molecular formula is C18H18ClN5O2. The number of carbonyl (C=O) groups is 2. The molecule has 5 N–H and O–H groups in total. The molecule has 0 unspecified atom stereocenters. The number of H-pyrrole nitrogens is 1. The maximum Gasteiger partial charge on any atom is 0.274 e. The van der Waals surface area contributed by atoms with Crippen LogP contribution in [0.2, 0.25) is 0 Å². The molecular weight excluding hydrogens is 354 g/mol. The number of nitrogens with one attached hydrogen (secondary N) is 3. The topological polar surface area (TPSA) is 112 Å². The van der Waals surface area contributed by atoms with Gasteiger partial charge in [-0.3, -0.25) is 19.9 Å². The molecule has 7 nitrogen and oxygen atoms in total. The minimum Gasteiger partial charge on any atom is -0.370 e. The van der Waals surface area contributed by atoms with Gasteiger partial charge in [-0.1, -0.05) is 24.3 Å².